The van der Waals surface area contributed by atoms with E-state index in [0.717, 1.165) is 12.6 Å². The molecule has 21 heavy (non-hydrogen) atoms. The number of pyridine rings is 1. The largest absolute Gasteiger partial charge is 0.418 e. The number of aldehydes is 1. The Morgan fingerprint density at radius 2 is 2.14 bits per heavy atom. The summed E-state index contributed by atoms with van der Waals surface area (Å²) >= 11 is 4.84. The molecule has 0 unspecified atom stereocenters. The predicted molar refractivity (Wildman–Crippen MR) is 75.0 cm³/mol. The number of thiocarbonyl (C=S) groups is 1. The molecule has 0 aromatic carbocycles. The molecule has 2 heterocycles. The monoisotopic (exact) mass is 317 g/mol. The number of halogens is 3. The van der Waals surface area contributed by atoms with E-state index in [1.165, 1.54) is 6.20 Å². The maximum Gasteiger partial charge on any atom is 0.418 e. The zero-order valence-corrected chi connectivity index (χ0v) is 12.1. The van der Waals surface area contributed by atoms with E-state index in [4.69, 9.17) is 12.2 Å². The molecule has 1 fully saturated rings. The zero-order valence-electron chi connectivity index (χ0n) is 11.3. The van der Waals surface area contributed by atoms with Crippen molar-refractivity contribution in [3.05, 3.63) is 29.1 Å². The van der Waals surface area contributed by atoms with Gasteiger partial charge in [0, 0.05) is 25.3 Å². The van der Waals surface area contributed by atoms with Crippen molar-refractivity contribution in [3.63, 3.8) is 0 Å². The molecule has 0 N–H and O–H groups in total. The van der Waals surface area contributed by atoms with Crippen molar-refractivity contribution in [1.82, 2.24) is 14.8 Å². The van der Waals surface area contributed by atoms with Crippen LogP contribution in [0.2, 0.25) is 0 Å². The first-order valence-electron chi connectivity index (χ1n) is 6.32. The van der Waals surface area contributed by atoms with E-state index in [1.54, 1.807) is 5.49 Å². The van der Waals surface area contributed by atoms with Gasteiger partial charge in [-0.15, -0.1) is 0 Å². The van der Waals surface area contributed by atoms with Gasteiger partial charge in [0.2, 0.25) is 0 Å². The molecule has 0 saturated carbocycles. The highest BCUT2D eigenvalue weighted by molar-refractivity contribution is 7.78. The molecular formula is C13H14F3N3OS. The second-order valence-corrected chi connectivity index (χ2v) is 5.08. The van der Waals surface area contributed by atoms with Gasteiger partial charge in [-0.1, -0.05) is 12.2 Å². The summed E-state index contributed by atoms with van der Waals surface area (Å²) in [6.07, 6.45) is -3.14. The Bertz CT molecular complexity index is 550. The van der Waals surface area contributed by atoms with Crippen molar-refractivity contribution in [2.45, 2.75) is 19.1 Å². The molecular weight excluding hydrogens is 303 g/mol. The molecule has 1 aromatic heterocycles. The lowest BCUT2D eigenvalue weighted by molar-refractivity contribution is -0.138. The van der Waals surface area contributed by atoms with Crippen LogP contribution in [0, 0.1) is 0 Å². The van der Waals surface area contributed by atoms with Gasteiger partial charge in [-0.05, 0) is 18.6 Å². The number of carbonyl (C=O) groups excluding carboxylic acids is 1. The van der Waals surface area contributed by atoms with Crippen molar-refractivity contribution >= 4 is 24.0 Å². The Hall–Kier alpha value is -1.54. The Kier molecular flexibility index (Phi) is 4.58. The molecule has 0 aliphatic carbocycles. The number of hydrogen-bond donors (Lipinski definition) is 0. The van der Waals surface area contributed by atoms with Gasteiger partial charge in [-0.25, -0.2) is 0 Å². The maximum atomic E-state index is 12.9. The number of nitrogens with zero attached hydrogens (tertiary/aromatic N) is 3. The van der Waals surface area contributed by atoms with Gasteiger partial charge < -0.3 is 4.90 Å². The maximum absolute atomic E-state index is 12.9. The first kappa shape index (κ1) is 15.8. The highest BCUT2D eigenvalue weighted by atomic mass is 32.1. The summed E-state index contributed by atoms with van der Waals surface area (Å²) in [5.74, 6) is 0. The Morgan fingerprint density at radius 1 is 1.43 bits per heavy atom. The predicted octanol–water partition coefficient (Wildman–Crippen LogP) is 2.51. The van der Waals surface area contributed by atoms with E-state index in [1.807, 2.05) is 16.7 Å². The van der Waals surface area contributed by atoms with Crippen LogP contribution in [0.5, 0.6) is 0 Å². The SMILES string of the molecule is C[C@@H](c1cnc(C=O)c(C(F)(F)F)c1)N1CCN(C=S)C1. The third-order valence-electron chi connectivity index (χ3n) is 3.57. The van der Waals surface area contributed by atoms with Crippen LogP contribution < -0.4 is 0 Å². The van der Waals surface area contributed by atoms with Crippen molar-refractivity contribution in [2.24, 2.45) is 0 Å². The molecule has 1 aliphatic rings. The average Bonchev–Trinajstić information content (AvgIpc) is 2.93. The molecule has 4 nitrogen and oxygen atoms in total. The van der Waals surface area contributed by atoms with E-state index in [-0.39, 0.29) is 12.3 Å². The van der Waals surface area contributed by atoms with Gasteiger partial charge in [0.05, 0.1) is 17.7 Å². The topological polar surface area (TPSA) is 36.4 Å². The van der Waals surface area contributed by atoms with Gasteiger partial charge >= 0.3 is 6.18 Å². The second-order valence-electron chi connectivity index (χ2n) is 4.86. The molecule has 1 aromatic rings. The molecule has 0 amide bonds. The normalized spacial score (nSPS) is 17.8. The zero-order chi connectivity index (χ0) is 15.6. The summed E-state index contributed by atoms with van der Waals surface area (Å²) in [5, 5.41) is 0. The van der Waals surface area contributed by atoms with Crippen molar-refractivity contribution in [3.8, 4) is 0 Å². The average molecular weight is 317 g/mol. The van der Waals surface area contributed by atoms with Crippen LogP contribution in [-0.2, 0) is 6.18 Å². The van der Waals surface area contributed by atoms with Crippen molar-refractivity contribution in [1.29, 1.82) is 0 Å². The van der Waals surface area contributed by atoms with Gasteiger partial charge in [0.25, 0.3) is 0 Å². The standard InChI is InChI=1S/C13H14F3N3OS/c1-9(19-3-2-18(7-19)8-21)10-4-11(13(14,15)16)12(6-20)17-5-10/h4-6,8-9H,2-3,7H2,1H3/t9-/m0/s1. The summed E-state index contributed by atoms with van der Waals surface area (Å²) in [6, 6.07) is 0.765. The van der Waals surface area contributed by atoms with Gasteiger partial charge in [0.1, 0.15) is 5.69 Å². The van der Waals surface area contributed by atoms with E-state index in [9.17, 15) is 18.0 Å². The highest BCUT2D eigenvalue weighted by Crippen LogP contribution is 2.33. The third-order valence-corrected chi connectivity index (χ3v) is 3.87. The first-order chi connectivity index (χ1) is 9.86. The van der Waals surface area contributed by atoms with E-state index >= 15 is 0 Å². The number of carbonyl (C=O) groups is 1. The highest BCUT2D eigenvalue weighted by Gasteiger charge is 2.35. The molecule has 114 valence electrons. The fraction of sp³-hybridized carbons (Fsp3) is 0.462. The fourth-order valence-corrected chi connectivity index (χ4v) is 2.46. The van der Waals surface area contributed by atoms with Gasteiger partial charge in [0.15, 0.2) is 6.29 Å². The van der Waals surface area contributed by atoms with Crippen LogP contribution in [0.3, 0.4) is 0 Å². The Labute approximate surface area is 125 Å². The molecule has 1 saturated heterocycles. The van der Waals surface area contributed by atoms with Gasteiger partial charge in [-0.2, -0.15) is 13.2 Å². The Morgan fingerprint density at radius 3 is 2.67 bits per heavy atom. The lowest BCUT2D eigenvalue weighted by Crippen LogP contribution is -2.27. The van der Waals surface area contributed by atoms with Gasteiger partial charge in [-0.3, -0.25) is 14.7 Å². The number of rotatable bonds is 4. The van der Waals surface area contributed by atoms with Crippen LogP contribution in [0.15, 0.2) is 12.3 Å². The fourth-order valence-electron chi connectivity index (χ4n) is 2.29. The minimum atomic E-state index is -4.59. The molecule has 8 heteroatoms. The van der Waals surface area contributed by atoms with Crippen LogP contribution in [0.25, 0.3) is 0 Å². The first-order valence-corrected chi connectivity index (χ1v) is 6.79. The summed E-state index contributed by atoms with van der Waals surface area (Å²) in [5.41, 5.74) is 0.397. The molecule has 0 radical (unpaired) electrons. The van der Waals surface area contributed by atoms with E-state index < -0.39 is 17.4 Å². The summed E-state index contributed by atoms with van der Waals surface area (Å²) in [4.78, 5) is 18.2. The van der Waals surface area contributed by atoms with Crippen molar-refractivity contribution < 1.29 is 18.0 Å². The Balaban J connectivity index is 2.28. The lowest BCUT2D eigenvalue weighted by atomic mass is 10.1. The number of aromatic nitrogens is 1. The van der Waals surface area contributed by atoms with Crippen LogP contribution >= 0.6 is 12.2 Å². The number of alkyl halides is 3. The summed E-state index contributed by atoms with van der Waals surface area (Å²) in [7, 11) is 0. The van der Waals surface area contributed by atoms with Crippen LogP contribution in [-0.4, -0.2) is 46.3 Å². The number of hydrogen-bond acceptors (Lipinski definition) is 4. The lowest BCUT2D eigenvalue weighted by Gasteiger charge is -2.24. The molecule has 1 atom stereocenters. The summed E-state index contributed by atoms with van der Waals surface area (Å²) < 4.78 is 38.8. The molecule has 1 aliphatic heterocycles. The quantitative estimate of drug-likeness (QED) is 0.630. The van der Waals surface area contributed by atoms with E-state index in [2.05, 4.69) is 4.98 Å². The molecule has 0 spiro atoms. The second kappa shape index (κ2) is 6.07. The molecule has 2 rings (SSSR count). The van der Waals surface area contributed by atoms with Crippen molar-refractivity contribution in [2.75, 3.05) is 19.8 Å². The minimum Gasteiger partial charge on any atom is -0.354 e. The smallest absolute Gasteiger partial charge is 0.354 e. The molecule has 0 bridgehead atoms. The summed E-state index contributed by atoms with van der Waals surface area (Å²) in [6.45, 7) is 3.84. The third kappa shape index (κ3) is 3.38. The van der Waals surface area contributed by atoms with Crippen LogP contribution in [0.1, 0.15) is 34.6 Å². The van der Waals surface area contributed by atoms with E-state index in [0.29, 0.717) is 18.8 Å². The van der Waals surface area contributed by atoms with Crippen LogP contribution in [0.4, 0.5) is 13.2 Å². The minimum absolute atomic E-state index is 0.126.